The number of anilines is 1. The number of hydrogen-bond acceptors (Lipinski definition) is 6. The Bertz CT molecular complexity index is 443. The minimum absolute atomic E-state index is 0.348. The summed E-state index contributed by atoms with van der Waals surface area (Å²) in [6.07, 6.45) is 5.10. The van der Waals surface area contributed by atoms with Crippen LogP contribution in [-0.2, 0) is 0 Å². The Morgan fingerprint density at radius 1 is 1.35 bits per heavy atom. The molecule has 0 aromatic carbocycles. The van der Waals surface area contributed by atoms with Crippen LogP contribution >= 0.6 is 11.3 Å². The summed E-state index contributed by atoms with van der Waals surface area (Å²) < 4.78 is 4.99. The van der Waals surface area contributed by atoms with E-state index in [2.05, 4.69) is 27.2 Å². The van der Waals surface area contributed by atoms with Crippen LogP contribution in [-0.4, -0.2) is 28.6 Å². The summed E-state index contributed by atoms with van der Waals surface area (Å²) in [7, 11) is 1.59. The largest absolute Gasteiger partial charge is 0.494 e. The number of thiazole rings is 1. The van der Waals surface area contributed by atoms with Gasteiger partial charge in [-0.05, 0) is 0 Å². The van der Waals surface area contributed by atoms with Gasteiger partial charge < -0.3 is 10.1 Å². The highest BCUT2D eigenvalue weighted by molar-refractivity contribution is 7.09. The zero-order valence-electron chi connectivity index (χ0n) is 9.75. The average molecular weight is 250 g/mol. The Morgan fingerprint density at radius 2 is 2.12 bits per heavy atom. The molecule has 0 amide bonds. The fraction of sp³-hybridized carbons (Fsp3) is 0.364. The summed E-state index contributed by atoms with van der Waals surface area (Å²) >= 11 is 1.66. The highest BCUT2D eigenvalue weighted by atomic mass is 32.1. The lowest BCUT2D eigenvalue weighted by Gasteiger charge is -2.09. The van der Waals surface area contributed by atoms with Gasteiger partial charge in [-0.2, -0.15) is 0 Å². The molecule has 0 saturated heterocycles. The summed E-state index contributed by atoms with van der Waals surface area (Å²) in [6, 6.07) is 0. The molecule has 1 unspecified atom stereocenters. The van der Waals surface area contributed by atoms with E-state index in [0.717, 1.165) is 11.6 Å². The second-order valence-corrected chi connectivity index (χ2v) is 4.52. The molecule has 0 radical (unpaired) electrons. The lowest BCUT2D eigenvalue weighted by Crippen LogP contribution is -2.11. The quantitative estimate of drug-likeness (QED) is 0.881. The normalized spacial score (nSPS) is 12.1. The molecule has 2 aromatic heterocycles. The summed E-state index contributed by atoms with van der Waals surface area (Å²) in [5, 5.41) is 6.27. The molecular formula is C11H14N4OS. The van der Waals surface area contributed by atoms with Gasteiger partial charge in [-0.3, -0.25) is 0 Å². The molecule has 0 fully saturated rings. The van der Waals surface area contributed by atoms with Gasteiger partial charge in [0.1, 0.15) is 0 Å². The maximum Gasteiger partial charge on any atom is 0.222 e. The Labute approximate surface area is 104 Å². The first-order valence-corrected chi connectivity index (χ1v) is 6.17. The third-order valence-corrected chi connectivity index (χ3v) is 3.31. The zero-order valence-corrected chi connectivity index (χ0v) is 10.6. The van der Waals surface area contributed by atoms with Crippen LogP contribution in [0.5, 0.6) is 5.75 Å². The van der Waals surface area contributed by atoms with Gasteiger partial charge >= 0.3 is 0 Å². The van der Waals surface area contributed by atoms with Gasteiger partial charge in [0.15, 0.2) is 5.75 Å². The summed E-state index contributed by atoms with van der Waals surface area (Å²) in [4.78, 5) is 12.6. The molecule has 2 rings (SSSR count). The van der Waals surface area contributed by atoms with Gasteiger partial charge in [-0.1, -0.05) is 6.92 Å². The maximum absolute atomic E-state index is 4.99. The van der Waals surface area contributed by atoms with Crippen molar-refractivity contribution in [3.8, 4) is 5.75 Å². The first-order chi connectivity index (χ1) is 8.29. The van der Waals surface area contributed by atoms with Crippen LogP contribution in [0, 0.1) is 0 Å². The zero-order chi connectivity index (χ0) is 12.1. The molecule has 0 bridgehead atoms. The molecule has 1 N–H and O–H groups in total. The Balaban J connectivity index is 1.89. The van der Waals surface area contributed by atoms with Crippen molar-refractivity contribution in [1.82, 2.24) is 15.0 Å². The molecule has 17 heavy (non-hydrogen) atoms. The van der Waals surface area contributed by atoms with Gasteiger partial charge in [-0.15, -0.1) is 11.3 Å². The van der Waals surface area contributed by atoms with Crippen LogP contribution in [0.25, 0.3) is 0 Å². The number of hydrogen-bond donors (Lipinski definition) is 1. The Kier molecular flexibility index (Phi) is 3.87. The standard InChI is InChI=1S/C11H14N4OS/c1-8(10-12-3-4-17-10)5-13-11-14-6-9(16-2)7-15-11/h3-4,6-8H,5H2,1-2H3,(H,13,14,15). The third kappa shape index (κ3) is 3.13. The second-order valence-electron chi connectivity index (χ2n) is 3.60. The van der Waals surface area contributed by atoms with Crippen molar-refractivity contribution in [3.05, 3.63) is 29.0 Å². The van der Waals surface area contributed by atoms with Gasteiger partial charge in [0.05, 0.1) is 24.5 Å². The molecule has 0 spiro atoms. The monoisotopic (exact) mass is 250 g/mol. The minimum atomic E-state index is 0.348. The van der Waals surface area contributed by atoms with Crippen molar-refractivity contribution in [2.24, 2.45) is 0 Å². The van der Waals surface area contributed by atoms with E-state index in [9.17, 15) is 0 Å². The summed E-state index contributed by atoms with van der Waals surface area (Å²) in [6.45, 7) is 2.88. The predicted molar refractivity (Wildman–Crippen MR) is 67.6 cm³/mol. The number of nitrogens with zero attached hydrogens (tertiary/aromatic N) is 3. The van der Waals surface area contributed by atoms with Crippen LogP contribution < -0.4 is 10.1 Å². The Morgan fingerprint density at radius 3 is 2.71 bits per heavy atom. The SMILES string of the molecule is COc1cnc(NCC(C)c2nccs2)nc1. The van der Waals surface area contributed by atoms with Gasteiger partial charge in [0, 0.05) is 24.0 Å². The molecule has 0 saturated carbocycles. The first-order valence-electron chi connectivity index (χ1n) is 5.29. The number of methoxy groups -OCH3 is 1. The average Bonchev–Trinajstić information content (AvgIpc) is 2.90. The fourth-order valence-corrected chi connectivity index (χ4v) is 2.02. The third-order valence-electron chi connectivity index (χ3n) is 2.30. The highest BCUT2D eigenvalue weighted by Crippen LogP contribution is 2.17. The van der Waals surface area contributed by atoms with Crippen molar-refractivity contribution >= 4 is 17.3 Å². The van der Waals surface area contributed by atoms with E-state index in [4.69, 9.17) is 4.74 Å². The van der Waals surface area contributed by atoms with Crippen molar-refractivity contribution in [3.63, 3.8) is 0 Å². The maximum atomic E-state index is 4.99. The van der Waals surface area contributed by atoms with Crippen molar-refractivity contribution in [2.45, 2.75) is 12.8 Å². The van der Waals surface area contributed by atoms with E-state index in [1.807, 2.05) is 11.6 Å². The van der Waals surface area contributed by atoms with Crippen molar-refractivity contribution in [2.75, 3.05) is 19.0 Å². The van der Waals surface area contributed by atoms with Crippen LogP contribution in [0.4, 0.5) is 5.95 Å². The molecule has 0 aliphatic carbocycles. The molecule has 1 atom stereocenters. The number of ether oxygens (including phenoxy) is 1. The minimum Gasteiger partial charge on any atom is -0.494 e. The summed E-state index contributed by atoms with van der Waals surface area (Å²) in [5.74, 6) is 1.61. The molecule has 90 valence electrons. The number of nitrogens with one attached hydrogen (secondary N) is 1. The molecule has 6 heteroatoms. The van der Waals surface area contributed by atoms with E-state index >= 15 is 0 Å². The lowest BCUT2D eigenvalue weighted by atomic mass is 10.2. The number of rotatable bonds is 5. The lowest BCUT2D eigenvalue weighted by molar-refractivity contribution is 0.411. The van der Waals surface area contributed by atoms with Crippen molar-refractivity contribution < 1.29 is 4.74 Å². The van der Waals surface area contributed by atoms with Crippen LogP contribution in [0.3, 0.4) is 0 Å². The number of aromatic nitrogens is 3. The topological polar surface area (TPSA) is 59.9 Å². The molecule has 2 heterocycles. The van der Waals surface area contributed by atoms with E-state index in [1.165, 1.54) is 0 Å². The molecule has 2 aromatic rings. The molecule has 5 nitrogen and oxygen atoms in total. The van der Waals surface area contributed by atoms with Crippen LogP contribution in [0.2, 0.25) is 0 Å². The predicted octanol–water partition coefficient (Wildman–Crippen LogP) is 2.16. The first kappa shape index (κ1) is 11.8. The van der Waals surface area contributed by atoms with E-state index in [0.29, 0.717) is 17.6 Å². The van der Waals surface area contributed by atoms with E-state index in [-0.39, 0.29) is 0 Å². The second kappa shape index (κ2) is 5.58. The highest BCUT2D eigenvalue weighted by Gasteiger charge is 2.08. The van der Waals surface area contributed by atoms with Gasteiger partial charge in [-0.25, -0.2) is 15.0 Å². The van der Waals surface area contributed by atoms with Crippen molar-refractivity contribution in [1.29, 1.82) is 0 Å². The molecule has 0 aliphatic rings. The smallest absolute Gasteiger partial charge is 0.222 e. The fourth-order valence-electron chi connectivity index (χ4n) is 1.32. The van der Waals surface area contributed by atoms with Gasteiger partial charge in [0.2, 0.25) is 5.95 Å². The summed E-state index contributed by atoms with van der Waals surface area (Å²) in [5.41, 5.74) is 0. The molecular weight excluding hydrogens is 236 g/mol. The van der Waals surface area contributed by atoms with Gasteiger partial charge in [0.25, 0.3) is 0 Å². The van der Waals surface area contributed by atoms with Crippen LogP contribution in [0.15, 0.2) is 24.0 Å². The Hall–Kier alpha value is -1.69. The van der Waals surface area contributed by atoms with Crippen LogP contribution in [0.1, 0.15) is 17.8 Å². The molecule has 0 aliphatic heterocycles. The van der Waals surface area contributed by atoms with E-state index < -0.39 is 0 Å². The van der Waals surface area contributed by atoms with E-state index in [1.54, 1.807) is 30.8 Å².